The van der Waals surface area contributed by atoms with Gasteiger partial charge in [0.15, 0.2) is 5.82 Å². The quantitative estimate of drug-likeness (QED) is 0.208. The molecule has 0 spiro atoms. The number of nitrogens with zero attached hydrogens (tertiary/aromatic N) is 3. The van der Waals surface area contributed by atoms with Crippen molar-refractivity contribution in [3.63, 3.8) is 0 Å². The van der Waals surface area contributed by atoms with Gasteiger partial charge in [-0.25, -0.2) is 9.97 Å². The largest absolute Gasteiger partial charge is 0.309 e. The maximum atomic E-state index is 5.25. The third-order valence-corrected chi connectivity index (χ3v) is 9.53. The van der Waals surface area contributed by atoms with Gasteiger partial charge >= 0.3 is 0 Å². The minimum Gasteiger partial charge on any atom is -0.309 e. The summed E-state index contributed by atoms with van der Waals surface area (Å²) in [5.41, 5.74) is 8.96. The van der Waals surface area contributed by atoms with Crippen molar-refractivity contribution in [1.29, 1.82) is 0 Å². The fourth-order valence-electron chi connectivity index (χ4n) is 6.37. The summed E-state index contributed by atoms with van der Waals surface area (Å²) in [6, 6.07) is 53.6. The molecule has 0 N–H and O–H groups in total. The molecule has 0 amide bonds. The Morgan fingerprint density at radius 3 is 1.68 bits per heavy atom. The second kappa shape index (κ2) is 10.0. The predicted octanol–water partition coefficient (Wildman–Crippen LogP) is 10.9. The average molecular weight is 580 g/mol. The molecule has 0 aliphatic heterocycles. The first-order valence-corrected chi connectivity index (χ1v) is 15.6. The third kappa shape index (κ3) is 3.96. The van der Waals surface area contributed by atoms with Crippen LogP contribution in [-0.2, 0) is 0 Å². The highest BCUT2D eigenvalue weighted by atomic mass is 32.1. The molecule has 0 saturated carbocycles. The molecular weight excluding hydrogens is 555 g/mol. The topological polar surface area (TPSA) is 30.7 Å². The zero-order valence-electron chi connectivity index (χ0n) is 23.7. The van der Waals surface area contributed by atoms with Crippen molar-refractivity contribution < 1.29 is 0 Å². The first-order chi connectivity index (χ1) is 21.8. The van der Waals surface area contributed by atoms with E-state index in [9.17, 15) is 0 Å². The Morgan fingerprint density at radius 1 is 0.432 bits per heavy atom. The lowest BCUT2D eigenvalue weighted by Gasteiger charge is -2.11. The van der Waals surface area contributed by atoms with Crippen LogP contribution in [0.2, 0.25) is 0 Å². The Labute approximate surface area is 258 Å². The van der Waals surface area contributed by atoms with E-state index in [1.54, 1.807) is 11.3 Å². The molecule has 9 rings (SSSR count). The van der Waals surface area contributed by atoms with Crippen molar-refractivity contribution in [3.8, 4) is 39.5 Å². The molecule has 0 aliphatic carbocycles. The molecule has 0 bridgehead atoms. The minimum atomic E-state index is 0.736. The van der Waals surface area contributed by atoms with Crippen molar-refractivity contribution in [2.45, 2.75) is 0 Å². The van der Waals surface area contributed by atoms with Crippen molar-refractivity contribution in [2.75, 3.05) is 0 Å². The summed E-state index contributed by atoms with van der Waals surface area (Å²) in [5, 5.41) is 4.83. The Kier molecular flexibility index (Phi) is 5.68. The van der Waals surface area contributed by atoms with E-state index in [0.717, 1.165) is 38.5 Å². The molecule has 0 atom stereocenters. The standard InChI is InChI=1S/C40H25N3S/c1-2-10-26(11-3-1)27-18-20-28(21-19-27)38-37-33-14-6-9-17-36(33)44-40(37)42-39(41-38)29-22-24-30(25-23-29)43-34-15-7-4-12-31(34)32-13-5-8-16-35(32)43/h1-25H. The van der Waals surface area contributed by atoms with Gasteiger partial charge in [0.05, 0.1) is 16.7 Å². The molecule has 4 heteroatoms. The van der Waals surface area contributed by atoms with Gasteiger partial charge in [0.25, 0.3) is 0 Å². The summed E-state index contributed by atoms with van der Waals surface area (Å²) in [6.45, 7) is 0. The number of para-hydroxylation sites is 2. The van der Waals surface area contributed by atoms with E-state index >= 15 is 0 Å². The number of aromatic nitrogens is 3. The molecule has 0 saturated heterocycles. The lowest BCUT2D eigenvalue weighted by molar-refractivity contribution is 1.17. The zero-order chi connectivity index (χ0) is 29.0. The van der Waals surface area contributed by atoms with Crippen molar-refractivity contribution in [1.82, 2.24) is 14.5 Å². The maximum Gasteiger partial charge on any atom is 0.161 e. The second-order valence-electron chi connectivity index (χ2n) is 11.0. The smallest absolute Gasteiger partial charge is 0.161 e. The number of rotatable bonds is 4. The number of hydrogen-bond donors (Lipinski definition) is 0. The first-order valence-electron chi connectivity index (χ1n) is 14.8. The SMILES string of the molecule is c1ccc(-c2ccc(-c3nc(-c4ccc(-n5c6ccccc6c6ccccc65)cc4)nc4sc5ccccc5c34)cc2)cc1. The van der Waals surface area contributed by atoms with Crippen LogP contribution in [0.5, 0.6) is 0 Å². The summed E-state index contributed by atoms with van der Waals surface area (Å²) in [5.74, 6) is 0.736. The molecule has 206 valence electrons. The van der Waals surface area contributed by atoms with Crippen molar-refractivity contribution in [2.24, 2.45) is 0 Å². The van der Waals surface area contributed by atoms with Gasteiger partial charge in [0, 0.05) is 43.1 Å². The molecule has 0 fully saturated rings. The molecule has 6 aromatic carbocycles. The van der Waals surface area contributed by atoms with Gasteiger partial charge in [-0.05, 0) is 53.6 Å². The summed E-state index contributed by atoms with van der Waals surface area (Å²) < 4.78 is 3.56. The van der Waals surface area contributed by atoms with Crippen molar-refractivity contribution >= 4 is 53.4 Å². The van der Waals surface area contributed by atoms with E-state index in [4.69, 9.17) is 9.97 Å². The number of fused-ring (bicyclic) bond motifs is 6. The van der Waals surface area contributed by atoms with Gasteiger partial charge in [0.2, 0.25) is 0 Å². The van der Waals surface area contributed by atoms with Crippen LogP contribution in [0, 0.1) is 0 Å². The Bertz CT molecular complexity index is 2420. The fraction of sp³-hybridized carbons (Fsp3) is 0. The van der Waals surface area contributed by atoms with Crippen LogP contribution < -0.4 is 0 Å². The van der Waals surface area contributed by atoms with E-state index < -0.39 is 0 Å². The number of benzene rings is 6. The lowest BCUT2D eigenvalue weighted by Crippen LogP contribution is -1.96. The molecule has 3 aromatic heterocycles. The van der Waals surface area contributed by atoms with E-state index in [0.29, 0.717) is 0 Å². The van der Waals surface area contributed by atoms with Gasteiger partial charge in [-0.2, -0.15) is 0 Å². The highest BCUT2D eigenvalue weighted by Crippen LogP contribution is 2.40. The molecule has 3 nitrogen and oxygen atoms in total. The normalized spacial score (nSPS) is 11.6. The van der Waals surface area contributed by atoms with Gasteiger partial charge in [-0.3, -0.25) is 0 Å². The third-order valence-electron chi connectivity index (χ3n) is 8.47. The van der Waals surface area contributed by atoms with Crippen LogP contribution in [0.1, 0.15) is 0 Å². The second-order valence-corrected chi connectivity index (χ2v) is 12.1. The van der Waals surface area contributed by atoms with Crippen LogP contribution >= 0.6 is 11.3 Å². The van der Waals surface area contributed by atoms with E-state index in [-0.39, 0.29) is 0 Å². The average Bonchev–Trinajstić information content (AvgIpc) is 3.64. The Morgan fingerprint density at radius 2 is 0.977 bits per heavy atom. The monoisotopic (exact) mass is 579 g/mol. The zero-order valence-corrected chi connectivity index (χ0v) is 24.5. The molecule has 0 unspecified atom stereocenters. The van der Waals surface area contributed by atoms with E-state index in [1.165, 1.54) is 43.0 Å². The van der Waals surface area contributed by atoms with E-state index in [1.807, 2.05) is 6.07 Å². The Balaban J connectivity index is 1.19. The van der Waals surface area contributed by atoms with Crippen LogP contribution in [-0.4, -0.2) is 14.5 Å². The summed E-state index contributed by atoms with van der Waals surface area (Å²) in [7, 11) is 0. The first kappa shape index (κ1) is 25.0. The highest BCUT2D eigenvalue weighted by molar-refractivity contribution is 7.25. The van der Waals surface area contributed by atoms with Crippen LogP contribution in [0.15, 0.2) is 152 Å². The number of hydrogen-bond acceptors (Lipinski definition) is 3. The fourth-order valence-corrected chi connectivity index (χ4v) is 7.45. The molecular formula is C40H25N3S. The van der Waals surface area contributed by atoms with Crippen molar-refractivity contribution in [3.05, 3.63) is 152 Å². The lowest BCUT2D eigenvalue weighted by atomic mass is 10.0. The molecule has 0 aliphatic rings. The minimum absolute atomic E-state index is 0.736. The predicted molar refractivity (Wildman–Crippen MR) is 186 cm³/mol. The van der Waals surface area contributed by atoms with Crippen LogP contribution in [0.3, 0.4) is 0 Å². The van der Waals surface area contributed by atoms with E-state index in [2.05, 4.69) is 150 Å². The maximum absolute atomic E-state index is 5.25. The van der Waals surface area contributed by atoms with Crippen LogP contribution in [0.25, 0.3) is 81.6 Å². The van der Waals surface area contributed by atoms with Gasteiger partial charge in [0.1, 0.15) is 4.83 Å². The van der Waals surface area contributed by atoms with Gasteiger partial charge in [-0.15, -0.1) is 11.3 Å². The van der Waals surface area contributed by atoms with Crippen LogP contribution in [0.4, 0.5) is 0 Å². The number of thiophene rings is 1. The Hall–Kier alpha value is -5.58. The molecule has 3 heterocycles. The molecule has 0 radical (unpaired) electrons. The van der Waals surface area contributed by atoms with Gasteiger partial charge in [-0.1, -0.05) is 109 Å². The summed E-state index contributed by atoms with van der Waals surface area (Å²) in [6.07, 6.45) is 0. The molecule has 44 heavy (non-hydrogen) atoms. The molecule has 9 aromatic rings. The highest BCUT2D eigenvalue weighted by Gasteiger charge is 2.17. The van der Waals surface area contributed by atoms with Gasteiger partial charge < -0.3 is 4.57 Å². The summed E-state index contributed by atoms with van der Waals surface area (Å²) in [4.78, 5) is 11.4. The summed E-state index contributed by atoms with van der Waals surface area (Å²) >= 11 is 1.73.